The maximum absolute atomic E-state index is 13.2. The van der Waals surface area contributed by atoms with Crippen molar-refractivity contribution in [3.8, 4) is 0 Å². The van der Waals surface area contributed by atoms with E-state index in [-0.39, 0.29) is 4.47 Å². The molecule has 21 heavy (non-hydrogen) atoms. The monoisotopic (exact) mass is 390 g/mol. The Bertz CT molecular complexity index is 659. The minimum atomic E-state index is -4.66. The van der Waals surface area contributed by atoms with E-state index in [4.69, 9.17) is 5.73 Å². The third-order valence-corrected chi connectivity index (χ3v) is 5.78. The summed E-state index contributed by atoms with van der Waals surface area (Å²) in [6.07, 6.45) is -3.93. The van der Waals surface area contributed by atoms with Crippen LogP contribution in [0.5, 0.6) is 0 Å². The summed E-state index contributed by atoms with van der Waals surface area (Å²) < 4.78 is 76.0. The van der Waals surface area contributed by atoms with Crippen LogP contribution in [0.3, 0.4) is 0 Å². The van der Waals surface area contributed by atoms with Gasteiger partial charge in [-0.15, -0.1) is 0 Å². The maximum Gasteiger partial charge on any atom is 0.402 e. The molecule has 0 saturated heterocycles. The van der Waals surface area contributed by atoms with E-state index >= 15 is 0 Å². The van der Waals surface area contributed by atoms with Gasteiger partial charge in [-0.2, -0.15) is 17.5 Å². The molecule has 0 amide bonds. The Balaban J connectivity index is 2.46. The lowest BCUT2D eigenvalue weighted by atomic mass is 10.3. The SMILES string of the molecule is Nc1cc(S(=O)(=O)N(CC(F)(F)F)C2CC2)c(Br)cc1F. The molecule has 0 atom stereocenters. The van der Waals surface area contributed by atoms with Gasteiger partial charge in [-0.25, -0.2) is 12.8 Å². The number of hydrogen-bond donors (Lipinski definition) is 1. The van der Waals surface area contributed by atoms with E-state index < -0.39 is 45.2 Å². The van der Waals surface area contributed by atoms with Crippen LogP contribution in [0.2, 0.25) is 0 Å². The second-order valence-electron chi connectivity index (χ2n) is 4.70. The minimum absolute atomic E-state index is 0.165. The van der Waals surface area contributed by atoms with Crippen molar-refractivity contribution in [1.29, 1.82) is 0 Å². The molecule has 0 radical (unpaired) electrons. The molecular formula is C11H11BrF4N2O2S. The quantitative estimate of drug-likeness (QED) is 0.634. The molecule has 0 aromatic heterocycles. The molecule has 1 saturated carbocycles. The zero-order chi connectivity index (χ0) is 16.0. The molecule has 1 aliphatic carbocycles. The average molecular weight is 391 g/mol. The summed E-state index contributed by atoms with van der Waals surface area (Å²) in [5, 5.41) is 0. The van der Waals surface area contributed by atoms with Gasteiger partial charge in [-0.05, 0) is 40.9 Å². The molecule has 0 heterocycles. The van der Waals surface area contributed by atoms with Gasteiger partial charge in [0.25, 0.3) is 0 Å². The number of halogens is 5. The molecule has 2 rings (SSSR count). The van der Waals surface area contributed by atoms with Gasteiger partial charge in [-0.1, -0.05) is 0 Å². The molecule has 1 fully saturated rings. The highest BCUT2D eigenvalue weighted by Gasteiger charge is 2.45. The molecule has 2 N–H and O–H groups in total. The molecule has 10 heteroatoms. The van der Waals surface area contributed by atoms with Crippen LogP contribution in [0.1, 0.15) is 12.8 Å². The standard InChI is InChI=1S/C11H11BrF4N2O2S/c12-7-3-8(13)9(17)4-10(7)21(19,20)18(6-1-2-6)5-11(14,15)16/h3-4,6H,1-2,5,17H2. The van der Waals surface area contributed by atoms with Crippen LogP contribution in [-0.4, -0.2) is 31.5 Å². The highest BCUT2D eigenvalue weighted by Crippen LogP contribution is 2.37. The van der Waals surface area contributed by atoms with Crippen LogP contribution < -0.4 is 5.73 Å². The Morgan fingerprint density at radius 1 is 1.33 bits per heavy atom. The Kier molecular flexibility index (Phi) is 4.24. The van der Waals surface area contributed by atoms with E-state index in [2.05, 4.69) is 15.9 Å². The Hall–Kier alpha value is -0.870. The van der Waals surface area contributed by atoms with Crippen LogP contribution in [0.15, 0.2) is 21.5 Å². The number of benzene rings is 1. The second-order valence-corrected chi connectivity index (χ2v) is 7.41. The van der Waals surface area contributed by atoms with Gasteiger partial charge in [0, 0.05) is 10.5 Å². The van der Waals surface area contributed by atoms with Crippen molar-refractivity contribution in [3.05, 3.63) is 22.4 Å². The van der Waals surface area contributed by atoms with Crippen LogP contribution in [0.4, 0.5) is 23.2 Å². The maximum atomic E-state index is 13.2. The summed E-state index contributed by atoms with van der Waals surface area (Å²) in [4.78, 5) is -0.474. The topological polar surface area (TPSA) is 63.4 Å². The first-order valence-electron chi connectivity index (χ1n) is 5.85. The van der Waals surface area contributed by atoms with E-state index in [0.717, 1.165) is 12.1 Å². The lowest BCUT2D eigenvalue weighted by Crippen LogP contribution is -2.40. The zero-order valence-corrected chi connectivity index (χ0v) is 12.9. The first-order chi connectivity index (χ1) is 9.52. The molecule has 1 aromatic rings. The van der Waals surface area contributed by atoms with E-state index in [9.17, 15) is 26.0 Å². The van der Waals surface area contributed by atoms with Gasteiger partial charge in [0.05, 0.1) is 10.6 Å². The van der Waals surface area contributed by atoms with Gasteiger partial charge in [0.2, 0.25) is 10.0 Å². The van der Waals surface area contributed by atoms with Crippen LogP contribution >= 0.6 is 15.9 Å². The lowest BCUT2D eigenvalue weighted by Gasteiger charge is -2.23. The number of nitrogens with two attached hydrogens (primary N) is 1. The largest absolute Gasteiger partial charge is 0.402 e. The minimum Gasteiger partial charge on any atom is -0.396 e. The van der Waals surface area contributed by atoms with Gasteiger partial charge >= 0.3 is 6.18 Å². The highest BCUT2D eigenvalue weighted by molar-refractivity contribution is 9.10. The van der Waals surface area contributed by atoms with Gasteiger partial charge < -0.3 is 5.73 Å². The van der Waals surface area contributed by atoms with Gasteiger partial charge in [-0.3, -0.25) is 0 Å². The average Bonchev–Trinajstić information content (AvgIpc) is 3.13. The summed E-state index contributed by atoms with van der Waals surface area (Å²) in [6, 6.07) is 0.955. The van der Waals surface area contributed by atoms with Gasteiger partial charge in [0.15, 0.2) is 0 Å². The third kappa shape index (κ3) is 3.67. The van der Waals surface area contributed by atoms with Crippen molar-refractivity contribution >= 4 is 31.6 Å². The van der Waals surface area contributed by atoms with Crippen molar-refractivity contribution in [2.45, 2.75) is 30.0 Å². The van der Waals surface area contributed by atoms with Gasteiger partial charge in [0.1, 0.15) is 12.4 Å². The summed E-state index contributed by atoms with van der Waals surface area (Å²) >= 11 is 2.85. The van der Waals surface area contributed by atoms with E-state index in [1.807, 2.05) is 0 Å². The van der Waals surface area contributed by atoms with Crippen molar-refractivity contribution < 1.29 is 26.0 Å². The number of nitrogens with zero attached hydrogens (tertiary/aromatic N) is 1. The van der Waals surface area contributed by atoms with Crippen LogP contribution in [-0.2, 0) is 10.0 Å². The first kappa shape index (κ1) is 16.5. The fraction of sp³-hybridized carbons (Fsp3) is 0.455. The highest BCUT2D eigenvalue weighted by atomic mass is 79.9. The summed E-state index contributed by atoms with van der Waals surface area (Å²) in [5.41, 5.74) is 4.86. The van der Waals surface area contributed by atoms with Crippen LogP contribution in [0, 0.1) is 5.82 Å². The van der Waals surface area contributed by atoms with Crippen molar-refractivity contribution in [2.24, 2.45) is 0 Å². The Morgan fingerprint density at radius 2 is 1.90 bits per heavy atom. The molecule has 1 aliphatic rings. The number of rotatable bonds is 4. The number of nitrogen functional groups attached to an aromatic ring is 1. The molecule has 1 aromatic carbocycles. The Labute approximate surface area is 127 Å². The summed E-state index contributed by atoms with van der Waals surface area (Å²) in [7, 11) is -4.42. The molecule has 4 nitrogen and oxygen atoms in total. The molecule has 0 unspecified atom stereocenters. The fourth-order valence-electron chi connectivity index (χ4n) is 1.82. The number of anilines is 1. The molecular weight excluding hydrogens is 380 g/mol. The Morgan fingerprint density at radius 3 is 2.38 bits per heavy atom. The van der Waals surface area contributed by atoms with Crippen molar-refractivity contribution in [3.63, 3.8) is 0 Å². The van der Waals surface area contributed by atoms with Crippen molar-refractivity contribution in [2.75, 3.05) is 12.3 Å². The van der Waals surface area contributed by atoms with E-state index in [1.165, 1.54) is 0 Å². The summed E-state index contributed by atoms with van der Waals surface area (Å²) in [6.45, 7) is -1.58. The van der Waals surface area contributed by atoms with E-state index in [0.29, 0.717) is 17.1 Å². The normalized spacial score (nSPS) is 16.5. The van der Waals surface area contributed by atoms with Crippen LogP contribution in [0.25, 0.3) is 0 Å². The zero-order valence-electron chi connectivity index (χ0n) is 10.5. The number of alkyl halides is 3. The third-order valence-electron chi connectivity index (χ3n) is 2.93. The van der Waals surface area contributed by atoms with Crippen molar-refractivity contribution in [1.82, 2.24) is 4.31 Å². The number of sulfonamides is 1. The summed E-state index contributed by atoms with van der Waals surface area (Å²) in [5.74, 6) is -0.852. The van der Waals surface area contributed by atoms with E-state index in [1.54, 1.807) is 0 Å². The molecule has 0 aliphatic heterocycles. The fourth-order valence-corrected chi connectivity index (χ4v) is 4.50. The lowest BCUT2D eigenvalue weighted by molar-refractivity contribution is -0.137. The molecule has 118 valence electrons. The number of hydrogen-bond acceptors (Lipinski definition) is 3. The predicted molar refractivity (Wildman–Crippen MR) is 71.5 cm³/mol. The molecule has 0 spiro atoms. The second kappa shape index (κ2) is 5.40. The predicted octanol–water partition coefficient (Wildman–Crippen LogP) is 2.89. The molecule has 0 bridgehead atoms. The first-order valence-corrected chi connectivity index (χ1v) is 8.09. The smallest absolute Gasteiger partial charge is 0.396 e.